The van der Waals surface area contributed by atoms with Crippen LogP contribution in [0.5, 0.6) is 11.8 Å². The van der Waals surface area contributed by atoms with E-state index in [2.05, 4.69) is 38.2 Å². The van der Waals surface area contributed by atoms with Crippen LogP contribution >= 0.6 is 0 Å². The third-order valence-corrected chi connectivity index (χ3v) is 8.30. The number of ether oxygens (including phenoxy) is 1. The van der Waals surface area contributed by atoms with E-state index in [0.717, 1.165) is 46.2 Å². The molecule has 1 fully saturated rings. The number of nitrogens with zero attached hydrogens (tertiary/aromatic N) is 5. The van der Waals surface area contributed by atoms with E-state index in [1.165, 1.54) is 47.7 Å². The van der Waals surface area contributed by atoms with Crippen molar-refractivity contribution in [2.45, 2.75) is 51.1 Å². The Balaban J connectivity index is 1.48. The molecule has 184 valence electrons. The minimum Gasteiger partial charge on any atom is -0.424 e. The van der Waals surface area contributed by atoms with Gasteiger partial charge in [-0.1, -0.05) is 12.8 Å². The molecule has 5 aromatic rings. The zero-order chi connectivity index (χ0) is 24.7. The number of carbonyl (C=O) groups is 1. The maximum atomic E-state index is 13.3. The van der Waals surface area contributed by atoms with Gasteiger partial charge in [-0.2, -0.15) is 5.10 Å². The monoisotopic (exact) mass is 490 g/mol. The number of nitrogens with one attached hydrogen (secondary N) is 1. The molecule has 1 aliphatic heterocycles. The van der Waals surface area contributed by atoms with Crippen molar-refractivity contribution in [2.75, 3.05) is 0 Å². The number of carbonyl (C=O) groups excluding carboxylic acids is 1. The van der Waals surface area contributed by atoms with Crippen LogP contribution in [0.4, 0.5) is 0 Å². The molecule has 0 bridgehead atoms. The zero-order valence-corrected chi connectivity index (χ0v) is 20.6. The molecule has 4 heterocycles. The molecule has 0 radical (unpaired) electrons. The standard InChI is InChI=1S/C29H26N6O2/c1-34-15-21-22(33-34)9-8-18-24(21)26-20(14-32-28(26)36)25-19-13-17(37-29-30-11-4-12-31-29)7-10-23(19)35(27(18)25)16-5-2-3-6-16/h4,7,10-13,15-16H,2-3,5-6,8-9,14H2,1H3,(H,32,36). The van der Waals surface area contributed by atoms with Gasteiger partial charge >= 0.3 is 6.01 Å². The summed E-state index contributed by atoms with van der Waals surface area (Å²) in [6, 6.07) is 8.84. The van der Waals surface area contributed by atoms with Crippen molar-refractivity contribution in [1.29, 1.82) is 0 Å². The fourth-order valence-corrected chi connectivity index (χ4v) is 6.89. The quantitative estimate of drug-likeness (QED) is 0.374. The summed E-state index contributed by atoms with van der Waals surface area (Å²) in [5.74, 6) is 0.708. The second-order valence-corrected chi connectivity index (χ2v) is 10.4. The van der Waals surface area contributed by atoms with Crippen LogP contribution in [-0.2, 0) is 26.4 Å². The summed E-state index contributed by atoms with van der Waals surface area (Å²) in [5.41, 5.74) is 8.95. The van der Waals surface area contributed by atoms with E-state index in [9.17, 15) is 4.79 Å². The number of amides is 1. The lowest BCUT2D eigenvalue weighted by molar-refractivity contribution is 0.0966. The first-order valence-corrected chi connectivity index (χ1v) is 13.1. The minimum atomic E-state index is 0.0108. The second-order valence-electron chi connectivity index (χ2n) is 10.4. The molecule has 1 saturated carbocycles. The van der Waals surface area contributed by atoms with Gasteiger partial charge in [-0.3, -0.25) is 9.48 Å². The molecule has 3 aromatic heterocycles. The predicted octanol–water partition coefficient (Wildman–Crippen LogP) is 5.23. The Labute approximate surface area is 213 Å². The molecule has 0 atom stereocenters. The number of aromatic nitrogens is 5. The average molecular weight is 491 g/mol. The second kappa shape index (κ2) is 7.65. The highest BCUT2D eigenvalue weighted by Gasteiger charge is 2.36. The third kappa shape index (κ3) is 2.95. The number of fused-ring (bicyclic) bond motifs is 10. The molecule has 0 unspecified atom stereocenters. The largest absolute Gasteiger partial charge is 0.424 e. The van der Waals surface area contributed by atoms with Crippen LogP contribution in [0.3, 0.4) is 0 Å². The molecule has 8 rings (SSSR count). The van der Waals surface area contributed by atoms with Gasteiger partial charge in [0.15, 0.2) is 0 Å². The molecule has 3 aliphatic rings. The van der Waals surface area contributed by atoms with Crippen LogP contribution < -0.4 is 10.1 Å². The summed E-state index contributed by atoms with van der Waals surface area (Å²) in [4.78, 5) is 21.8. The van der Waals surface area contributed by atoms with Crippen molar-refractivity contribution in [3.63, 3.8) is 0 Å². The maximum absolute atomic E-state index is 13.3. The molecule has 8 heteroatoms. The Kier molecular flexibility index (Phi) is 4.33. The lowest BCUT2D eigenvalue weighted by atomic mass is 9.82. The summed E-state index contributed by atoms with van der Waals surface area (Å²) in [7, 11) is 1.96. The molecular weight excluding hydrogens is 464 g/mol. The topological polar surface area (TPSA) is 86.9 Å². The highest BCUT2D eigenvalue weighted by Crippen LogP contribution is 2.49. The van der Waals surface area contributed by atoms with Crippen molar-refractivity contribution in [3.05, 3.63) is 65.2 Å². The van der Waals surface area contributed by atoms with E-state index in [4.69, 9.17) is 9.84 Å². The maximum Gasteiger partial charge on any atom is 0.321 e. The first-order chi connectivity index (χ1) is 18.2. The Morgan fingerprint density at radius 2 is 1.89 bits per heavy atom. The Hall–Kier alpha value is -4.20. The molecule has 8 nitrogen and oxygen atoms in total. The lowest BCUT2D eigenvalue weighted by Gasteiger charge is -2.23. The number of aryl methyl sites for hydroxylation is 3. The van der Waals surface area contributed by atoms with Crippen LogP contribution in [0, 0.1) is 0 Å². The molecule has 2 aromatic carbocycles. The number of benzene rings is 2. The smallest absolute Gasteiger partial charge is 0.321 e. The Bertz CT molecular complexity index is 1740. The van der Waals surface area contributed by atoms with Crippen LogP contribution in [0.1, 0.15) is 58.9 Å². The molecular formula is C29H26N6O2. The van der Waals surface area contributed by atoms with E-state index >= 15 is 0 Å². The summed E-state index contributed by atoms with van der Waals surface area (Å²) in [5, 5.41) is 10.2. The van der Waals surface area contributed by atoms with Crippen molar-refractivity contribution in [3.8, 4) is 22.9 Å². The van der Waals surface area contributed by atoms with Gasteiger partial charge < -0.3 is 14.6 Å². The normalized spacial score (nSPS) is 16.7. The van der Waals surface area contributed by atoms with Crippen LogP contribution in [0.15, 0.2) is 42.9 Å². The highest BCUT2D eigenvalue weighted by atomic mass is 16.5. The van der Waals surface area contributed by atoms with E-state index in [-0.39, 0.29) is 5.91 Å². The molecule has 0 spiro atoms. The molecule has 1 amide bonds. The number of hydrogen-bond acceptors (Lipinski definition) is 5. The van der Waals surface area contributed by atoms with Crippen molar-refractivity contribution in [2.24, 2.45) is 7.05 Å². The Morgan fingerprint density at radius 1 is 1.05 bits per heavy atom. The average Bonchev–Trinajstić information content (AvgIpc) is 3.69. The molecule has 0 saturated heterocycles. The van der Waals surface area contributed by atoms with Gasteiger partial charge in [-0.15, -0.1) is 0 Å². The van der Waals surface area contributed by atoms with Gasteiger partial charge in [0.25, 0.3) is 5.91 Å². The van der Waals surface area contributed by atoms with E-state index < -0.39 is 0 Å². The molecule has 37 heavy (non-hydrogen) atoms. The SMILES string of the molecule is Cn1cc2c(n1)CCc1c-2c2c(c3c4cc(Oc5ncccn5)ccc4n(C4CCCC4)c13)CNC2=O. The van der Waals surface area contributed by atoms with Crippen LogP contribution in [0.2, 0.25) is 0 Å². The lowest BCUT2D eigenvalue weighted by Crippen LogP contribution is -2.15. The fourth-order valence-electron chi connectivity index (χ4n) is 6.89. The van der Waals surface area contributed by atoms with E-state index in [1.54, 1.807) is 18.5 Å². The van der Waals surface area contributed by atoms with E-state index in [0.29, 0.717) is 24.3 Å². The Morgan fingerprint density at radius 3 is 2.73 bits per heavy atom. The van der Waals surface area contributed by atoms with Crippen LogP contribution in [-0.4, -0.2) is 30.2 Å². The summed E-state index contributed by atoms with van der Waals surface area (Å²) in [6.07, 6.45) is 12.0. The highest BCUT2D eigenvalue weighted by molar-refractivity contribution is 6.19. The minimum absolute atomic E-state index is 0.0108. The first kappa shape index (κ1) is 20.9. The first-order valence-electron chi connectivity index (χ1n) is 13.1. The molecule has 2 aliphatic carbocycles. The van der Waals surface area contributed by atoms with Crippen LogP contribution in [0.25, 0.3) is 32.9 Å². The summed E-state index contributed by atoms with van der Waals surface area (Å²) < 4.78 is 10.5. The van der Waals surface area contributed by atoms with Crippen molar-refractivity contribution in [1.82, 2.24) is 29.6 Å². The fraction of sp³-hybridized carbons (Fsp3) is 0.310. The van der Waals surface area contributed by atoms with Gasteiger partial charge in [0.2, 0.25) is 0 Å². The summed E-state index contributed by atoms with van der Waals surface area (Å²) >= 11 is 0. The zero-order valence-electron chi connectivity index (χ0n) is 20.6. The van der Waals surface area contributed by atoms with Gasteiger partial charge in [-0.25, -0.2) is 9.97 Å². The predicted molar refractivity (Wildman–Crippen MR) is 140 cm³/mol. The van der Waals surface area contributed by atoms with Gasteiger partial charge in [0, 0.05) is 65.6 Å². The van der Waals surface area contributed by atoms with Crippen molar-refractivity contribution >= 4 is 27.7 Å². The van der Waals surface area contributed by atoms with Gasteiger partial charge in [-0.05, 0) is 61.1 Å². The van der Waals surface area contributed by atoms with Gasteiger partial charge in [0.1, 0.15) is 5.75 Å². The van der Waals surface area contributed by atoms with Crippen molar-refractivity contribution < 1.29 is 9.53 Å². The van der Waals surface area contributed by atoms with Gasteiger partial charge in [0.05, 0.1) is 16.8 Å². The third-order valence-electron chi connectivity index (χ3n) is 8.30. The summed E-state index contributed by atoms with van der Waals surface area (Å²) in [6.45, 7) is 0.532. The number of rotatable bonds is 3. The number of hydrogen-bond donors (Lipinski definition) is 1. The van der Waals surface area contributed by atoms with E-state index in [1.807, 2.05) is 17.8 Å². The molecule has 1 N–H and O–H groups in total.